The molecule has 5 rings (SSSR count). The maximum atomic E-state index is 12.8. The van der Waals surface area contributed by atoms with Gasteiger partial charge in [0, 0.05) is 36.6 Å². The van der Waals surface area contributed by atoms with Gasteiger partial charge in [0.2, 0.25) is 0 Å². The lowest BCUT2D eigenvalue weighted by molar-refractivity contribution is 0.0475. The highest BCUT2D eigenvalue weighted by molar-refractivity contribution is 6.22. The molecule has 1 unspecified atom stereocenters. The van der Waals surface area contributed by atoms with Crippen LogP contribution in [-0.2, 0) is 9.47 Å². The van der Waals surface area contributed by atoms with Crippen LogP contribution in [0.1, 0.15) is 43.9 Å². The maximum absolute atomic E-state index is 12.8. The van der Waals surface area contributed by atoms with Gasteiger partial charge in [-0.2, -0.15) is 0 Å². The molecule has 0 saturated carbocycles. The van der Waals surface area contributed by atoms with Crippen LogP contribution in [0.5, 0.6) is 0 Å². The third-order valence-electron chi connectivity index (χ3n) is 6.14. The van der Waals surface area contributed by atoms with E-state index in [9.17, 15) is 14.4 Å². The van der Waals surface area contributed by atoms with Crippen molar-refractivity contribution in [1.82, 2.24) is 4.90 Å². The molecule has 3 amide bonds. The second kappa shape index (κ2) is 8.72. The van der Waals surface area contributed by atoms with Crippen LogP contribution in [0, 0.1) is 0 Å². The number of amides is 3. The van der Waals surface area contributed by atoms with Crippen molar-refractivity contribution in [2.75, 3.05) is 49.7 Å². The molecule has 0 spiro atoms. The number of hydrogen-bond donors (Lipinski definition) is 1. The van der Waals surface area contributed by atoms with Gasteiger partial charge in [-0.1, -0.05) is 0 Å². The molecule has 3 aliphatic heterocycles. The largest absolute Gasteiger partial charge is 0.378 e. The van der Waals surface area contributed by atoms with Gasteiger partial charge in [0.05, 0.1) is 37.0 Å². The third kappa shape index (κ3) is 3.99. The number of imide groups is 1. The van der Waals surface area contributed by atoms with Crippen molar-refractivity contribution in [3.05, 3.63) is 59.2 Å². The molecule has 0 bridgehead atoms. The molecule has 32 heavy (non-hydrogen) atoms. The number of carbonyl (C=O) groups is 3. The van der Waals surface area contributed by atoms with E-state index in [2.05, 4.69) is 10.2 Å². The average Bonchev–Trinajstić information content (AvgIpc) is 3.43. The van der Waals surface area contributed by atoms with E-state index >= 15 is 0 Å². The predicted molar refractivity (Wildman–Crippen MR) is 118 cm³/mol. The lowest BCUT2D eigenvalue weighted by Gasteiger charge is -2.28. The highest BCUT2D eigenvalue weighted by Gasteiger charge is 2.38. The Kier molecular flexibility index (Phi) is 5.63. The average molecular weight is 435 g/mol. The van der Waals surface area contributed by atoms with Crippen LogP contribution in [0.3, 0.4) is 0 Å². The zero-order chi connectivity index (χ0) is 22.1. The van der Waals surface area contributed by atoms with Crippen LogP contribution >= 0.6 is 0 Å². The van der Waals surface area contributed by atoms with E-state index in [0.717, 1.165) is 31.6 Å². The first-order chi connectivity index (χ1) is 15.6. The summed E-state index contributed by atoms with van der Waals surface area (Å²) >= 11 is 0. The molecule has 1 N–H and O–H groups in total. The number of carbonyl (C=O) groups excluding carboxylic acids is 3. The number of anilines is 2. The summed E-state index contributed by atoms with van der Waals surface area (Å²) in [7, 11) is 0. The van der Waals surface area contributed by atoms with Gasteiger partial charge < -0.3 is 19.7 Å². The molecule has 8 heteroatoms. The van der Waals surface area contributed by atoms with Crippen LogP contribution in [0.25, 0.3) is 0 Å². The number of nitrogens with zero attached hydrogens (tertiary/aromatic N) is 2. The van der Waals surface area contributed by atoms with E-state index in [1.54, 1.807) is 12.1 Å². The van der Waals surface area contributed by atoms with E-state index < -0.39 is 0 Å². The van der Waals surface area contributed by atoms with Gasteiger partial charge in [0.15, 0.2) is 0 Å². The molecule has 3 aliphatic rings. The van der Waals surface area contributed by atoms with E-state index in [4.69, 9.17) is 9.47 Å². The van der Waals surface area contributed by atoms with Crippen molar-refractivity contribution in [2.45, 2.75) is 18.9 Å². The van der Waals surface area contributed by atoms with Gasteiger partial charge in [-0.05, 0) is 55.3 Å². The molecule has 0 aliphatic carbocycles. The summed E-state index contributed by atoms with van der Waals surface area (Å²) in [5, 5.41) is 2.86. The standard InChI is InChI=1S/C24H25N3O5/c28-22(25-17-4-6-18(7-5-17)26-9-12-31-13-10-26)16-3-8-20-21(14-16)24(30)27(23(20)29)15-19-2-1-11-32-19/h3-8,14,19H,1-2,9-13,15H2,(H,25,28). The van der Waals surface area contributed by atoms with Gasteiger partial charge >= 0.3 is 0 Å². The smallest absolute Gasteiger partial charge is 0.261 e. The minimum atomic E-state index is -0.370. The normalized spacial score (nSPS) is 20.6. The summed E-state index contributed by atoms with van der Waals surface area (Å²) in [6.45, 7) is 4.02. The van der Waals surface area contributed by atoms with E-state index in [0.29, 0.717) is 36.6 Å². The molecule has 8 nitrogen and oxygen atoms in total. The van der Waals surface area contributed by atoms with Crippen LogP contribution in [-0.4, -0.2) is 68.2 Å². The lowest BCUT2D eigenvalue weighted by atomic mass is 10.1. The Morgan fingerprint density at radius 1 is 0.969 bits per heavy atom. The minimum Gasteiger partial charge on any atom is -0.378 e. The number of ether oxygens (including phenoxy) is 2. The highest BCUT2D eigenvalue weighted by atomic mass is 16.5. The van der Waals surface area contributed by atoms with Crippen LogP contribution < -0.4 is 10.2 Å². The first-order valence-corrected chi connectivity index (χ1v) is 11.0. The summed E-state index contributed by atoms with van der Waals surface area (Å²) < 4.78 is 10.9. The Bertz CT molecular complexity index is 1040. The van der Waals surface area contributed by atoms with Crippen molar-refractivity contribution >= 4 is 29.1 Å². The van der Waals surface area contributed by atoms with Gasteiger partial charge in [-0.25, -0.2) is 0 Å². The third-order valence-corrected chi connectivity index (χ3v) is 6.14. The van der Waals surface area contributed by atoms with Gasteiger partial charge in [-0.15, -0.1) is 0 Å². The molecule has 3 heterocycles. The second-order valence-electron chi connectivity index (χ2n) is 8.22. The number of benzene rings is 2. The monoisotopic (exact) mass is 435 g/mol. The second-order valence-corrected chi connectivity index (χ2v) is 8.22. The zero-order valence-corrected chi connectivity index (χ0v) is 17.7. The van der Waals surface area contributed by atoms with Crippen molar-refractivity contribution in [2.24, 2.45) is 0 Å². The molecular weight excluding hydrogens is 410 g/mol. The number of hydrogen-bond acceptors (Lipinski definition) is 6. The first-order valence-electron chi connectivity index (χ1n) is 11.0. The Labute approximate surface area is 186 Å². The number of nitrogens with one attached hydrogen (secondary N) is 1. The molecule has 0 radical (unpaired) electrons. The van der Waals surface area contributed by atoms with Crippen LogP contribution in [0.15, 0.2) is 42.5 Å². The van der Waals surface area contributed by atoms with Crippen molar-refractivity contribution < 1.29 is 23.9 Å². The zero-order valence-electron chi connectivity index (χ0n) is 17.7. The van der Waals surface area contributed by atoms with Gasteiger partial charge in [0.1, 0.15) is 0 Å². The fraction of sp³-hybridized carbons (Fsp3) is 0.375. The van der Waals surface area contributed by atoms with E-state index in [-0.39, 0.29) is 35.9 Å². The molecule has 1 atom stereocenters. The molecule has 166 valence electrons. The SMILES string of the molecule is O=C(Nc1ccc(N2CCOCC2)cc1)c1ccc2c(c1)C(=O)N(CC1CCCO1)C2=O. The van der Waals surface area contributed by atoms with Crippen LogP contribution in [0.4, 0.5) is 11.4 Å². The quantitative estimate of drug-likeness (QED) is 0.727. The topological polar surface area (TPSA) is 88.2 Å². The molecular formula is C24H25N3O5. The molecule has 2 fully saturated rings. The highest BCUT2D eigenvalue weighted by Crippen LogP contribution is 2.27. The maximum Gasteiger partial charge on any atom is 0.261 e. The Morgan fingerprint density at radius 2 is 1.72 bits per heavy atom. The van der Waals surface area contributed by atoms with Gasteiger partial charge in [-0.3, -0.25) is 19.3 Å². The van der Waals surface area contributed by atoms with E-state index in [1.165, 1.54) is 11.0 Å². The van der Waals surface area contributed by atoms with Crippen molar-refractivity contribution in [3.8, 4) is 0 Å². The number of fused-ring (bicyclic) bond motifs is 1. The summed E-state index contributed by atoms with van der Waals surface area (Å²) in [5.74, 6) is -1.03. The van der Waals surface area contributed by atoms with Crippen molar-refractivity contribution in [1.29, 1.82) is 0 Å². The summed E-state index contributed by atoms with van der Waals surface area (Å²) in [4.78, 5) is 41.7. The van der Waals surface area contributed by atoms with Crippen molar-refractivity contribution in [3.63, 3.8) is 0 Å². The Hall–Kier alpha value is -3.23. The molecule has 0 aromatic heterocycles. The fourth-order valence-electron chi connectivity index (χ4n) is 4.37. The summed E-state index contributed by atoms with van der Waals surface area (Å²) in [6.07, 6.45) is 1.66. The van der Waals surface area contributed by atoms with E-state index in [1.807, 2.05) is 24.3 Å². The summed E-state index contributed by atoms with van der Waals surface area (Å²) in [6, 6.07) is 12.3. The fourth-order valence-corrected chi connectivity index (χ4v) is 4.37. The molecule has 2 saturated heterocycles. The predicted octanol–water partition coefficient (Wildman–Crippen LogP) is 2.55. The van der Waals surface area contributed by atoms with Crippen LogP contribution in [0.2, 0.25) is 0 Å². The molecule has 2 aromatic carbocycles. The van der Waals surface area contributed by atoms with Gasteiger partial charge in [0.25, 0.3) is 17.7 Å². The Morgan fingerprint density at radius 3 is 2.44 bits per heavy atom. The lowest BCUT2D eigenvalue weighted by Crippen LogP contribution is -2.36. The number of rotatable bonds is 5. The summed E-state index contributed by atoms with van der Waals surface area (Å²) in [5.41, 5.74) is 2.68. The first kappa shape index (κ1) is 20.7. The number of morpholine rings is 1. The minimum absolute atomic E-state index is 0.111. The Balaban J connectivity index is 1.27. The molecule has 2 aromatic rings.